The first-order chi connectivity index (χ1) is 8.51. The van der Waals surface area contributed by atoms with Crippen molar-refractivity contribution in [2.75, 3.05) is 13.2 Å². The van der Waals surface area contributed by atoms with Gasteiger partial charge in [0.25, 0.3) is 0 Å². The molecule has 0 unspecified atom stereocenters. The zero-order valence-corrected chi connectivity index (χ0v) is 14.8. The molecule has 0 amide bonds. The van der Waals surface area contributed by atoms with Gasteiger partial charge in [0.05, 0.1) is 6.61 Å². The van der Waals surface area contributed by atoms with Gasteiger partial charge in [-0.25, -0.2) is 4.79 Å². The fourth-order valence-electron chi connectivity index (χ4n) is 1.34. The van der Waals surface area contributed by atoms with Crippen LogP contribution in [-0.2, 0) is 14.0 Å². The summed E-state index contributed by atoms with van der Waals surface area (Å²) in [4.78, 5) is 11.5. The van der Waals surface area contributed by atoms with Gasteiger partial charge >= 0.3 is 5.97 Å². The quantitative estimate of drug-likeness (QED) is 0.418. The Labute approximate surface area is 119 Å². The van der Waals surface area contributed by atoms with Crippen LogP contribution in [0.4, 0.5) is 0 Å². The maximum Gasteiger partial charge on any atom is 0.333 e. The molecule has 0 aromatic rings. The summed E-state index contributed by atoms with van der Waals surface area (Å²) < 4.78 is 11.1. The van der Waals surface area contributed by atoms with Gasteiger partial charge in [0, 0.05) is 12.2 Å². The second-order valence-electron chi connectivity index (χ2n) is 6.62. The Bertz CT molecular complexity index is 327. The normalized spacial score (nSPS) is 15.3. The van der Waals surface area contributed by atoms with Crippen molar-refractivity contribution >= 4 is 14.3 Å². The summed E-state index contributed by atoms with van der Waals surface area (Å²) >= 11 is 0. The average molecular weight is 286 g/mol. The molecule has 19 heavy (non-hydrogen) atoms. The molecular formula is C15H30O3Si. The van der Waals surface area contributed by atoms with Crippen molar-refractivity contribution in [3.63, 3.8) is 0 Å². The molecule has 3 nitrogen and oxygen atoms in total. The number of carbonyl (C=O) groups is 1. The molecule has 0 rings (SSSR count). The number of carbonyl (C=O) groups excluding carboxylic acids is 1. The molecule has 0 bridgehead atoms. The van der Waals surface area contributed by atoms with E-state index in [1.807, 2.05) is 13.0 Å². The van der Waals surface area contributed by atoms with E-state index in [-0.39, 0.29) is 16.9 Å². The molecule has 0 aliphatic rings. The molecule has 0 saturated carbocycles. The van der Waals surface area contributed by atoms with Crippen LogP contribution in [0.1, 0.15) is 41.5 Å². The lowest BCUT2D eigenvalue weighted by Gasteiger charge is -2.36. The standard InChI is InChI=1S/C15H30O3Si/c1-9-17-14(16)13(3)10-12(2)11-18-19(7,8)15(4,5)6/h10,12H,9,11H2,1-8H3/b13-10+/t12-/m1/s1. The third-order valence-corrected chi connectivity index (χ3v) is 8.15. The molecule has 0 aliphatic carbocycles. The van der Waals surface area contributed by atoms with Crippen molar-refractivity contribution in [2.45, 2.75) is 59.7 Å². The molecule has 0 fully saturated rings. The smallest absolute Gasteiger partial charge is 0.333 e. The Morgan fingerprint density at radius 2 is 1.84 bits per heavy atom. The number of rotatable bonds is 6. The fourth-order valence-corrected chi connectivity index (χ4v) is 2.46. The number of hydrogen-bond donors (Lipinski definition) is 0. The molecule has 0 N–H and O–H groups in total. The van der Waals surface area contributed by atoms with E-state index in [0.29, 0.717) is 18.8 Å². The number of esters is 1. The van der Waals surface area contributed by atoms with Crippen molar-refractivity contribution < 1.29 is 14.0 Å². The summed E-state index contributed by atoms with van der Waals surface area (Å²) in [7, 11) is -1.71. The Balaban J connectivity index is 4.45. The summed E-state index contributed by atoms with van der Waals surface area (Å²) in [6, 6.07) is 0. The summed E-state index contributed by atoms with van der Waals surface area (Å²) in [6.07, 6.45) is 1.94. The minimum Gasteiger partial charge on any atom is -0.463 e. The van der Waals surface area contributed by atoms with Crippen molar-refractivity contribution in [1.82, 2.24) is 0 Å². The van der Waals surface area contributed by atoms with Crippen LogP contribution in [0, 0.1) is 5.92 Å². The van der Waals surface area contributed by atoms with Crippen molar-refractivity contribution in [3.05, 3.63) is 11.6 Å². The van der Waals surface area contributed by atoms with Gasteiger partial charge in [-0.3, -0.25) is 0 Å². The lowest BCUT2D eigenvalue weighted by atomic mass is 10.1. The van der Waals surface area contributed by atoms with Gasteiger partial charge in [0.2, 0.25) is 0 Å². The van der Waals surface area contributed by atoms with Crippen LogP contribution < -0.4 is 0 Å². The first-order valence-electron chi connectivity index (χ1n) is 7.00. The molecule has 0 heterocycles. The molecular weight excluding hydrogens is 256 g/mol. The fraction of sp³-hybridized carbons (Fsp3) is 0.800. The highest BCUT2D eigenvalue weighted by Gasteiger charge is 2.37. The Hall–Kier alpha value is -0.613. The van der Waals surface area contributed by atoms with Gasteiger partial charge in [0.1, 0.15) is 0 Å². The van der Waals surface area contributed by atoms with Crippen molar-refractivity contribution in [2.24, 2.45) is 5.92 Å². The van der Waals surface area contributed by atoms with Crippen LogP contribution in [0.3, 0.4) is 0 Å². The molecule has 0 radical (unpaired) electrons. The van der Waals surface area contributed by atoms with E-state index in [9.17, 15) is 4.79 Å². The van der Waals surface area contributed by atoms with Gasteiger partial charge in [-0.05, 0) is 37.9 Å². The minimum absolute atomic E-state index is 0.215. The zero-order chi connectivity index (χ0) is 15.3. The predicted molar refractivity (Wildman–Crippen MR) is 82.7 cm³/mol. The Morgan fingerprint density at radius 3 is 2.26 bits per heavy atom. The molecule has 0 aromatic heterocycles. The lowest BCUT2D eigenvalue weighted by molar-refractivity contribution is -0.138. The van der Waals surface area contributed by atoms with E-state index in [4.69, 9.17) is 9.16 Å². The van der Waals surface area contributed by atoms with Crippen LogP contribution in [0.5, 0.6) is 0 Å². The van der Waals surface area contributed by atoms with Gasteiger partial charge < -0.3 is 9.16 Å². The largest absolute Gasteiger partial charge is 0.463 e. The molecule has 112 valence electrons. The molecule has 1 atom stereocenters. The first kappa shape index (κ1) is 18.4. The van der Waals surface area contributed by atoms with Crippen molar-refractivity contribution in [3.8, 4) is 0 Å². The minimum atomic E-state index is -1.71. The van der Waals surface area contributed by atoms with Gasteiger partial charge in [-0.15, -0.1) is 0 Å². The summed E-state index contributed by atoms with van der Waals surface area (Å²) in [6.45, 7) is 17.9. The monoisotopic (exact) mass is 286 g/mol. The highest BCUT2D eigenvalue weighted by Crippen LogP contribution is 2.36. The third kappa shape index (κ3) is 6.39. The van der Waals surface area contributed by atoms with Crippen LogP contribution >= 0.6 is 0 Å². The predicted octanol–water partition coefficient (Wildman–Crippen LogP) is 4.15. The van der Waals surface area contributed by atoms with E-state index in [2.05, 4.69) is 40.8 Å². The molecule has 0 aliphatic heterocycles. The van der Waals surface area contributed by atoms with E-state index < -0.39 is 8.32 Å². The van der Waals surface area contributed by atoms with Crippen LogP contribution in [0.25, 0.3) is 0 Å². The summed E-state index contributed by atoms with van der Waals surface area (Å²) in [5, 5.41) is 0.215. The lowest BCUT2D eigenvalue weighted by Crippen LogP contribution is -2.41. The van der Waals surface area contributed by atoms with Crippen LogP contribution in [-0.4, -0.2) is 27.5 Å². The third-order valence-electron chi connectivity index (χ3n) is 3.65. The summed E-state index contributed by atoms with van der Waals surface area (Å²) in [5.41, 5.74) is 0.660. The number of ether oxygens (including phenoxy) is 1. The maximum atomic E-state index is 11.5. The van der Waals surface area contributed by atoms with Gasteiger partial charge in [-0.1, -0.05) is 33.8 Å². The van der Waals surface area contributed by atoms with E-state index in [1.54, 1.807) is 6.92 Å². The molecule has 0 spiro atoms. The zero-order valence-electron chi connectivity index (χ0n) is 13.8. The van der Waals surface area contributed by atoms with Gasteiger partial charge in [0.15, 0.2) is 8.32 Å². The van der Waals surface area contributed by atoms with Crippen LogP contribution in [0.2, 0.25) is 18.1 Å². The molecule has 4 heteroatoms. The maximum absolute atomic E-state index is 11.5. The SMILES string of the molecule is CCOC(=O)/C(C)=C/[C@@H](C)CO[Si](C)(C)C(C)(C)C. The van der Waals surface area contributed by atoms with E-state index in [1.165, 1.54) is 0 Å². The van der Waals surface area contributed by atoms with E-state index in [0.717, 1.165) is 0 Å². The molecule has 0 aromatic carbocycles. The number of hydrogen-bond acceptors (Lipinski definition) is 3. The second-order valence-corrected chi connectivity index (χ2v) is 11.4. The molecule has 0 saturated heterocycles. The average Bonchev–Trinajstić information content (AvgIpc) is 2.25. The van der Waals surface area contributed by atoms with Crippen LogP contribution in [0.15, 0.2) is 11.6 Å². The topological polar surface area (TPSA) is 35.5 Å². The van der Waals surface area contributed by atoms with Crippen molar-refractivity contribution in [1.29, 1.82) is 0 Å². The second kappa shape index (κ2) is 7.24. The Morgan fingerprint density at radius 1 is 1.32 bits per heavy atom. The van der Waals surface area contributed by atoms with Gasteiger partial charge in [-0.2, -0.15) is 0 Å². The Kier molecular flexibility index (Phi) is 7.01. The van der Waals surface area contributed by atoms with E-state index >= 15 is 0 Å². The highest BCUT2D eigenvalue weighted by atomic mass is 28.4. The summed E-state index contributed by atoms with van der Waals surface area (Å²) in [5.74, 6) is -0.0137. The highest BCUT2D eigenvalue weighted by molar-refractivity contribution is 6.74. The first-order valence-corrected chi connectivity index (χ1v) is 9.91.